The topological polar surface area (TPSA) is 113 Å². The van der Waals surface area contributed by atoms with E-state index in [9.17, 15) is 19.5 Å². The number of H-pyrrole nitrogens is 1. The molecule has 0 unspecified atom stereocenters. The molecule has 8 nitrogen and oxygen atoms in total. The number of aromatic nitrogens is 2. The number of aliphatic hydroxyl groups excluding tert-OH is 1. The number of nitrogens with zero attached hydrogens (tertiary/aromatic N) is 1. The van der Waals surface area contributed by atoms with Gasteiger partial charge < -0.3 is 15.2 Å². The Hall–Kier alpha value is -2.23. The third-order valence-corrected chi connectivity index (χ3v) is 5.23. The molecule has 9 heteroatoms. The Morgan fingerprint density at radius 2 is 2.31 bits per heavy atom. The average molecular weight is 379 g/mol. The molecule has 1 saturated heterocycles. The molecular weight excluding hydrogens is 358 g/mol. The maximum atomic E-state index is 12.0. The Labute approximate surface area is 153 Å². The van der Waals surface area contributed by atoms with Crippen LogP contribution >= 0.6 is 11.3 Å². The summed E-state index contributed by atoms with van der Waals surface area (Å²) >= 11 is 1.51. The molecule has 0 aliphatic carbocycles. The van der Waals surface area contributed by atoms with Crippen LogP contribution in [0.1, 0.15) is 30.0 Å². The molecule has 1 aliphatic heterocycles. The van der Waals surface area contributed by atoms with Crippen LogP contribution in [0.5, 0.6) is 0 Å². The number of ether oxygens (including phenoxy) is 1. The zero-order chi connectivity index (χ0) is 18.7. The highest BCUT2D eigenvalue weighted by molar-refractivity contribution is 7.10. The quantitative estimate of drug-likeness (QED) is 0.662. The summed E-state index contributed by atoms with van der Waals surface area (Å²) in [7, 11) is 0. The van der Waals surface area contributed by atoms with Crippen LogP contribution in [0.4, 0.5) is 0 Å². The molecular formula is C17H21N3O5S. The van der Waals surface area contributed by atoms with E-state index >= 15 is 0 Å². The number of rotatable bonds is 6. The minimum absolute atomic E-state index is 0.152. The molecule has 0 saturated carbocycles. The monoisotopic (exact) mass is 379 g/mol. The van der Waals surface area contributed by atoms with Crippen LogP contribution in [0.2, 0.25) is 0 Å². The summed E-state index contributed by atoms with van der Waals surface area (Å²) in [6.45, 7) is 1.97. The van der Waals surface area contributed by atoms with E-state index in [1.165, 1.54) is 22.1 Å². The second kappa shape index (κ2) is 7.98. The van der Waals surface area contributed by atoms with Gasteiger partial charge in [0.25, 0.3) is 5.56 Å². The number of aliphatic hydroxyl groups is 1. The molecule has 2 aromatic heterocycles. The molecule has 2 aromatic rings. The second-order valence-corrected chi connectivity index (χ2v) is 7.20. The SMILES string of the molecule is CCc1cn([C@H]2C[C@H](O)[C@@H](CNC(=O)Cc3cccs3)O2)c(=O)[nH]c1=O. The van der Waals surface area contributed by atoms with Gasteiger partial charge in [0, 0.05) is 29.6 Å². The van der Waals surface area contributed by atoms with Crippen molar-refractivity contribution in [1.29, 1.82) is 0 Å². The van der Waals surface area contributed by atoms with E-state index in [2.05, 4.69) is 10.3 Å². The lowest BCUT2D eigenvalue weighted by Crippen LogP contribution is -2.38. The Morgan fingerprint density at radius 3 is 3.00 bits per heavy atom. The smallest absolute Gasteiger partial charge is 0.330 e. The van der Waals surface area contributed by atoms with Crippen LogP contribution in [-0.2, 0) is 22.4 Å². The molecule has 1 amide bonds. The van der Waals surface area contributed by atoms with E-state index < -0.39 is 29.7 Å². The predicted molar refractivity (Wildman–Crippen MR) is 96.3 cm³/mol. The van der Waals surface area contributed by atoms with Gasteiger partial charge in [0.05, 0.1) is 12.5 Å². The van der Waals surface area contributed by atoms with E-state index in [-0.39, 0.29) is 25.3 Å². The number of carbonyl (C=O) groups excluding carboxylic acids is 1. The van der Waals surface area contributed by atoms with Gasteiger partial charge in [0.2, 0.25) is 5.91 Å². The largest absolute Gasteiger partial charge is 0.390 e. The van der Waals surface area contributed by atoms with Gasteiger partial charge in [-0.05, 0) is 17.9 Å². The third kappa shape index (κ3) is 4.12. The lowest BCUT2D eigenvalue weighted by Gasteiger charge is -2.17. The Bertz CT molecular complexity index is 873. The number of aryl methyl sites for hydroxylation is 1. The van der Waals surface area contributed by atoms with Crippen LogP contribution < -0.4 is 16.6 Å². The van der Waals surface area contributed by atoms with Crippen molar-refractivity contribution in [1.82, 2.24) is 14.9 Å². The summed E-state index contributed by atoms with van der Waals surface area (Å²) in [5, 5.41) is 14.9. The summed E-state index contributed by atoms with van der Waals surface area (Å²) in [4.78, 5) is 38.9. The van der Waals surface area contributed by atoms with Crippen molar-refractivity contribution in [3.8, 4) is 0 Å². The maximum Gasteiger partial charge on any atom is 0.330 e. The summed E-state index contributed by atoms with van der Waals surface area (Å²) < 4.78 is 7.03. The minimum atomic E-state index is -0.814. The van der Waals surface area contributed by atoms with E-state index in [1.807, 2.05) is 24.4 Å². The molecule has 1 fully saturated rings. The highest BCUT2D eigenvalue weighted by Gasteiger charge is 2.35. The third-order valence-electron chi connectivity index (χ3n) is 4.35. The number of nitrogens with one attached hydrogen (secondary N) is 2. The van der Waals surface area contributed by atoms with Crippen molar-refractivity contribution in [3.63, 3.8) is 0 Å². The highest BCUT2D eigenvalue weighted by atomic mass is 32.1. The van der Waals surface area contributed by atoms with Crippen LogP contribution in [0.25, 0.3) is 0 Å². The zero-order valence-electron chi connectivity index (χ0n) is 14.3. The predicted octanol–water partition coefficient (Wildman–Crippen LogP) is 0.168. The van der Waals surface area contributed by atoms with Crippen LogP contribution in [0.3, 0.4) is 0 Å². The number of hydrogen-bond acceptors (Lipinski definition) is 6. The second-order valence-electron chi connectivity index (χ2n) is 6.17. The van der Waals surface area contributed by atoms with Crippen molar-refractivity contribution in [2.45, 2.75) is 44.6 Å². The lowest BCUT2D eigenvalue weighted by molar-refractivity contribution is -0.121. The van der Waals surface area contributed by atoms with Crippen molar-refractivity contribution in [3.05, 3.63) is 55.0 Å². The van der Waals surface area contributed by atoms with Crippen LogP contribution in [0, 0.1) is 0 Å². The van der Waals surface area contributed by atoms with E-state index in [0.717, 1.165) is 4.88 Å². The van der Waals surface area contributed by atoms with Gasteiger partial charge in [-0.2, -0.15) is 0 Å². The van der Waals surface area contributed by atoms with Crippen molar-refractivity contribution < 1.29 is 14.6 Å². The van der Waals surface area contributed by atoms with Gasteiger partial charge >= 0.3 is 5.69 Å². The van der Waals surface area contributed by atoms with Crippen molar-refractivity contribution in [2.24, 2.45) is 0 Å². The lowest BCUT2D eigenvalue weighted by atomic mass is 10.1. The van der Waals surface area contributed by atoms with Gasteiger partial charge in [-0.25, -0.2) is 4.79 Å². The van der Waals surface area contributed by atoms with Crippen molar-refractivity contribution >= 4 is 17.2 Å². The molecule has 26 heavy (non-hydrogen) atoms. The zero-order valence-corrected chi connectivity index (χ0v) is 15.1. The van der Waals surface area contributed by atoms with E-state index in [0.29, 0.717) is 12.0 Å². The fraction of sp³-hybridized carbons (Fsp3) is 0.471. The number of hydrogen-bond donors (Lipinski definition) is 3. The summed E-state index contributed by atoms with van der Waals surface area (Å²) in [5.41, 5.74) is -0.521. The molecule has 3 heterocycles. The number of thiophene rings is 1. The maximum absolute atomic E-state index is 12.0. The van der Waals surface area contributed by atoms with Crippen LogP contribution in [0.15, 0.2) is 33.3 Å². The van der Waals surface area contributed by atoms with Gasteiger partial charge in [-0.1, -0.05) is 13.0 Å². The van der Waals surface area contributed by atoms with E-state index in [4.69, 9.17) is 4.74 Å². The molecule has 3 rings (SSSR count). The Kier molecular flexibility index (Phi) is 5.70. The van der Waals surface area contributed by atoms with Gasteiger partial charge in [0.1, 0.15) is 12.3 Å². The number of aromatic amines is 1. The first-order valence-electron chi connectivity index (χ1n) is 8.45. The Morgan fingerprint density at radius 1 is 1.50 bits per heavy atom. The standard InChI is InChI=1S/C17H21N3O5S/c1-2-10-9-20(17(24)19-16(10)23)15-7-12(21)13(25-15)8-18-14(22)6-11-4-3-5-26-11/h3-5,9,12-13,15,21H,2,6-8H2,1H3,(H,18,22)(H,19,23,24)/t12-,13+,15+/m0/s1. The first kappa shape index (κ1) is 18.6. The fourth-order valence-electron chi connectivity index (χ4n) is 2.91. The molecule has 0 spiro atoms. The van der Waals surface area contributed by atoms with Gasteiger partial charge in [-0.15, -0.1) is 11.3 Å². The van der Waals surface area contributed by atoms with E-state index in [1.54, 1.807) is 0 Å². The number of amides is 1. The molecule has 0 bridgehead atoms. The summed E-state index contributed by atoms with van der Waals surface area (Å²) in [5.74, 6) is -0.152. The van der Waals surface area contributed by atoms with Crippen LogP contribution in [-0.4, -0.2) is 39.3 Å². The minimum Gasteiger partial charge on any atom is -0.390 e. The molecule has 0 aromatic carbocycles. The molecule has 3 N–H and O–H groups in total. The molecule has 1 aliphatic rings. The summed E-state index contributed by atoms with van der Waals surface area (Å²) in [6.07, 6.45) is 0.327. The Balaban J connectivity index is 1.62. The van der Waals surface area contributed by atoms with Gasteiger partial charge in [-0.3, -0.25) is 19.1 Å². The first-order chi connectivity index (χ1) is 12.5. The summed E-state index contributed by atoms with van der Waals surface area (Å²) in [6, 6.07) is 3.77. The van der Waals surface area contributed by atoms with Crippen molar-refractivity contribution in [2.75, 3.05) is 6.54 Å². The highest BCUT2D eigenvalue weighted by Crippen LogP contribution is 2.27. The number of carbonyl (C=O) groups is 1. The average Bonchev–Trinajstić information content (AvgIpc) is 3.23. The fourth-order valence-corrected chi connectivity index (χ4v) is 3.61. The normalized spacial score (nSPS) is 22.5. The molecule has 3 atom stereocenters. The molecule has 140 valence electrons. The molecule has 0 radical (unpaired) electrons. The van der Waals surface area contributed by atoms with Gasteiger partial charge in [0.15, 0.2) is 0 Å². The first-order valence-corrected chi connectivity index (χ1v) is 9.32.